The summed E-state index contributed by atoms with van der Waals surface area (Å²) >= 11 is 2.01. The summed E-state index contributed by atoms with van der Waals surface area (Å²) in [7, 11) is 0. The van der Waals surface area contributed by atoms with Crippen molar-refractivity contribution >= 4 is 39.6 Å². The first kappa shape index (κ1) is 39.2. The Morgan fingerprint density at radius 3 is 2.09 bits per heavy atom. The van der Waals surface area contributed by atoms with Crippen molar-refractivity contribution in [2.24, 2.45) is 5.92 Å². The molecule has 3 heteroatoms. The molecule has 0 radical (unpaired) electrons. The highest BCUT2D eigenvalue weighted by molar-refractivity contribution is 8.00. The third-order valence-electron chi connectivity index (χ3n) is 16.0. The van der Waals surface area contributed by atoms with Crippen LogP contribution in [0.4, 0.5) is 17.1 Å². The Morgan fingerprint density at radius 2 is 1.20 bits per heavy atom. The van der Waals surface area contributed by atoms with E-state index in [2.05, 4.69) is 242 Å². The predicted octanol–water partition coefficient (Wildman–Crippen LogP) is 16.8. The van der Waals surface area contributed by atoms with Gasteiger partial charge in [-0.1, -0.05) is 188 Å². The molecule has 9 aromatic rings. The fourth-order valence-corrected chi connectivity index (χ4v) is 14.8. The fourth-order valence-electron chi connectivity index (χ4n) is 13.4. The van der Waals surface area contributed by atoms with Gasteiger partial charge in [-0.2, -0.15) is 0 Å². The molecular weight excluding hydrogens is 855 g/mol. The zero-order valence-corrected chi connectivity index (χ0v) is 38.7. The van der Waals surface area contributed by atoms with Gasteiger partial charge in [-0.05, 0) is 116 Å². The second-order valence-electron chi connectivity index (χ2n) is 19.2. The van der Waals surface area contributed by atoms with E-state index in [1.54, 1.807) is 0 Å². The van der Waals surface area contributed by atoms with Crippen LogP contribution in [-0.4, -0.2) is 5.25 Å². The number of ether oxygens (including phenoxy) is 1. The van der Waals surface area contributed by atoms with E-state index in [9.17, 15) is 0 Å². The minimum atomic E-state index is -0.559. The molecule has 15 rings (SSSR count). The Bertz CT molecular complexity index is 3780. The molecule has 0 fully saturated rings. The van der Waals surface area contributed by atoms with Crippen molar-refractivity contribution in [1.29, 1.82) is 0 Å². The van der Waals surface area contributed by atoms with Gasteiger partial charge >= 0.3 is 0 Å². The Balaban J connectivity index is 1.03. The Labute approximate surface area is 407 Å². The third-order valence-corrected chi connectivity index (χ3v) is 17.4. The van der Waals surface area contributed by atoms with E-state index in [-0.39, 0.29) is 11.3 Å². The standard InChI is InChI=1S/C66H45NOS/c1-2-19-42(20-3-1)45-22-6-13-31-59(45)67(44-37-38-48-46-23-4-7-25-51(46)65(57(48)40-44)53-27-9-14-33-61(53)68-62-34-15-10-28-54(62)65)60-32-18-21-43-39-50-47-24-5-8-26-52(47)66(58(50)41-49(43)60)55-29-11-16-35-63(55)69-64-36-17-12-30-56(64)66/h1-14,16-33,35-41,55,63H,15,34H2. The van der Waals surface area contributed by atoms with Crippen LogP contribution in [0.25, 0.3) is 44.2 Å². The zero-order valence-electron chi connectivity index (χ0n) is 37.8. The lowest BCUT2D eigenvalue weighted by Gasteiger charge is -2.47. The van der Waals surface area contributed by atoms with Crippen LogP contribution in [0.1, 0.15) is 46.2 Å². The number of thioether (sulfide) groups is 1. The van der Waals surface area contributed by atoms with E-state index in [4.69, 9.17) is 4.74 Å². The molecule has 326 valence electrons. The largest absolute Gasteiger partial charge is 0.461 e. The second-order valence-corrected chi connectivity index (χ2v) is 20.5. The van der Waals surface area contributed by atoms with E-state index in [1.807, 2.05) is 11.8 Å². The van der Waals surface area contributed by atoms with E-state index in [0.29, 0.717) is 5.25 Å². The summed E-state index contributed by atoms with van der Waals surface area (Å²) in [6.07, 6.45) is 16.0. The third kappa shape index (κ3) is 5.29. The number of fused-ring (bicyclic) bond motifs is 18. The van der Waals surface area contributed by atoms with Gasteiger partial charge in [0.25, 0.3) is 0 Å². The summed E-state index contributed by atoms with van der Waals surface area (Å²) in [5.74, 6) is 2.24. The molecule has 4 atom stereocenters. The number of anilines is 3. The molecular formula is C66H45NOS. The highest BCUT2D eigenvalue weighted by atomic mass is 32.2. The molecule has 0 saturated heterocycles. The maximum absolute atomic E-state index is 6.85. The van der Waals surface area contributed by atoms with Crippen LogP contribution in [-0.2, 0) is 10.8 Å². The van der Waals surface area contributed by atoms with Crippen molar-refractivity contribution in [3.05, 3.63) is 281 Å². The molecule has 6 aliphatic rings. The van der Waals surface area contributed by atoms with Gasteiger partial charge in [-0.15, -0.1) is 11.8 Å². The van der Waals surface area contributed by atoms with Crippen LogP contribution in [0.3, 0.4) is 0 Å². The number of allylic oxidation sites excluding steroid dienone is 7. The predicted molar refractivity (Wildman–Crippen MR) is 285 cm³/mol. The van der Waals surface area contributed by atoms with Gasteiger partial charge in [0, 0.05) is 50.3 Å². The first-order valence-electron chi connectivity index (χ1n) is 24.4. The first-order valence-corrected chi connectivity index (χ1v) is 25.3. The van der Waals surface area contributed by atoms with Crippen molar-refractivity contribution in [2.75, 3.05) is 4.90 Å². The zero-order chi connectivity index (χ0) is 45.3. The molecule has 0 bridgehead atoms. The van der Waals surface area contributed by atoms with Crippen LogP contribution >= 0.6 is 11.8 Å². The van der Waals surface area contributed by atoms with E-state index in [1.165, 1.54) is 88.0 Å². The van der Waals surface area contributed by atoms with Crippen molar-refractivity contribution in [3.63, 3.8) is 0 Å². The summed E-state index contributed by atoms with van der Waals surface area (Å²) < 4.78 is 6.85. The highest BCUT2D eigenvalue weighted by Gasteiger charge is 2.55. The average molecular weight is 900 g/mol. The number of rotatable bonds is 4. The Kier molecular flexibility index (Phi) is 8.42. The molecule has 9 aromatic carbocycles. The molecule has 4 unspecified atom stereocenters. The molecule has 0 aromatic heterocycles. The maximum atomic E-state index is 6.85. The number of hydrogen-bond donors (Lipinski definition) is 0. The molecule has 69 heavy (non-hydrogen) atoms. The second kappa shape index (κ2) is 14.8. The molecule has 2 heterocycles. The summed E-state index contributed by atoms with van der Waals surface area (Å²) in [4.78, 5) is 3.93. The summed E-state index contributed by atoms with van der Waals surface area (Å²) in [5.41, 5.74) is 19.2. The van der Waals surface area contributed by atoms with E-state index < -0.39 is 5.41 Å². The van der Waals surface area contributed by atoms with Gasteiger partial charge in [-0.25, -0.2) is 0 Å². The molecule has 4 aliphatic carbocycles. The van der Waals surface area contributed by atoms with Gasteiger partial charge in [0.2, 0.25) is 0 Å². The number of hydrogen-bond acceptors (Lipinski definition) is 3. The molecule has 0 saturated carbocycles. The van der Waals surface area contributed by atoms with Crippen LogP contribution in [0.15, 0.2) is 253 Å². The van der Waals surface area contributed by atoms with Crippen molar-refractivity contribution in [2.45, 2.75) is 33.8 Å². The molecule has 2 nitrogen and oxygen atoms in total. The van der Waals surface area contributed by atoms with Gasteiger partial charge in [-0.3, -0.25) is 0 Å². The topological polar surface area (TPSA) is 12.5 Å². The lowest BCUT2D eigenvalue weighted by molar-refractivity contribution is 0.364. The van der Waals surface area contributed by atoms with Crippen LogP contribution in [0, 0.1) is 5.92 Å². The quantitative estimate of drug-likeness (QED) is 0.175. The fraction of sp³-hybridized carbons (Fsp3) is 0.0909. The number of para-hydroxylation sites is 2. The molecule has 0 amide bonds. The summed E-state index contributed by atoms with van der Waals surface area (Å²) in [6.45, 7) is 0. The lowest BCUT2D eigenvalue weighted by Crippen LogP contribution is -2.43. The highest BCUT2D eigenvalue weighted by Crippen LogP contribution is 2.65. The monoisotopic (exact) mass is 899 g/mol. The SMILES string of the molecule is C1=CC2Sc3ccccc3C3(c4ccccc4-c4cc5cccc(N(c6ccc7c(c6)C6(C8=C(CCC=C8)Oc8ccccc86)c6ccccc6-7)c6ccccc6-c6ccccc6)c5cc43)C2C=C1. The summed E-state index contributed by atoms with van der Waals surface area (Å²) in [5, 5.41) is 2.75. The smallest absolute Gasteiger partial charge is 0.131 e. The van der Waals surface area contributed by atoms with Crippen molar-refractivity contribution in [3.8, 4) is 39.1 Å². The van der Waals surface area contributed by atoms with E-state index >= 15 is 0 Å². The summed E-state index contributed by atoms with van der Waals surface area (Å²) in [6, 6.07) is 75.5. The van der Waals surface area contributed by atoms with Crippen LogP contribution in [0.2, 0.25) is 0 Å². The molecule has 0 N–H and O–H groups in total. The minimum Gasteiger partial charge on any atom is -0.461 e. The van der Waals surface area contributed by atoms with Crippen LogP contribution < -0.4 is 9.64 Å². The van der Waals surface area contributed by atoms with Gasteiger partial charge in [0.1, 0.15) is 11.5 Å². The normalized spacial score (nSPS) is 21.4. The first-order chi connectivity index (χ1) is 34.2. The van der Waals surface area contributed by atoms with Gasteiger partial charge in [0.05, 0.1) is 22.2 Å². The lowest BCUT2D eigenvalue weighted by atomic mass is 9.61. The van der Waals surface area contributed by atoms with Crippen molar-refractivity contribution < 1.29 is 4.74 Å². The van der Waals surface area contributed by atoms with Gasteiger partial charge in [0.15, 0.2) is 0 Å². The Hall–Kier alpha value is -7.85. The number of benzene rings is 9. The van der Waals surface area contributed by atoms with E-state index in [0.717, 1.165) is 41.4 Å². The Morgan fingerprint density at radius 1 is 0.507 bits per heavy atom. The van der Waals surface area contributed by atoms with Gasteiger partial charge < -0.3 is 9.64 Å². The van der Waals surface area contributed by atoms with Crippen LogP contribution in [0.5, 0.6) is 5.75 Å². The average Bonchev–Trinajstić information content (AvgIpc) is 3.86. The maximum Gasteiger partial charge on any atom is 0.131 e. The minimum absolute atomic E-state index is 0.231. The molecule has 2 aliphatic heterocycles. The van der Waals surface area contributed by atoms with Crippen molar-refractivity contribution in [1.82, 2.24) is 0 Å². The number of nitrogens with zero attached hydrogens (tertiary/aromatic N) is 1. The molecule has 2 spiro atoms.